The largest absolute Gasteiger partial charge is 0.492 e. The summed E-state index contributed by atoms with van der Waals surface area (Å²) >= 11 is 0. The van der Waals surface area contributed by atoms with Crippen LogP contribution in [0.3, 0.4) is 0 Å². The molecule has 0 aromatic carbocycles. The maximum atomic E-state index is 13.9. The normalized spacial score (nSPS) is 29.7. The fourth-order valence-electron chi connectivity index (χ4n) is 8.23. The van der Waals surface area contributed by atoms with Gasteiger partial charge >= 0.3 is 24.4 Å². The number of ether oxygens (including phenoxy) is 7. The minimum atomic E-state index is -1.85. The van der Waals surface area contributed by atoms with Crippen LogP contribution < -0.4 is 32.3 Å². The van der Waals surface area contributed by atoms with Crippen LogP contribution in [-0.2, 0) is 38.0 Å². The number of nitrogens with zero attached hydrogens (tertiary/aromatic N) is 1. The fourth-order valence-corrected chi connectivity index (χ4v) is 8.23. The van der Waals surface area contributed by atoms with Gasteiger partial charge in [-0.1, -0.05) is 0 Å². The Morgan fingerprint density at radius 2 is 1.41 bits per heavy atom. The van der Waals surface area contributed by atoms with Crippen molar-refractivity contribution in [3.05, 3.63) is 11.8 Å². The lowest BCUT2D eigenvalue weighted by atomic mass is 9.72. The Bertz CT molecular complexity index is 1770. The molecule has 3 aliphatic rings. The molecule has 0 aromatic rings. The molecule has 1 unspecified atom stereocenters. The molecular formula is C46H83N7O16. The Morgan fingerprint density at radius 3 is 1.97 bits per heavy atom. The van der Waals surface area contributed by atoms with Crippen LogP contribution in [-0.4, -0.2) is 184 Å². The van der Waals surface area contributed by atoms with Crippen molar-refractivity contribution in [3.8, 4) is 0 Å². The number of amides is 5. The molecule has 0 radical (unpaired) electrons. The van der Waals surface area contributed by atoms with Gasteiger partial charge in [0.1, 0.15) is 58.2 Å². The summed E-state index contributed by atoms with van der Waals surface area (Å²) in [4.78, 5) is 66.8. The highest BCUT2D eigenvalue weighted by Gasteiger charge is 2.56. The topological polar surface area (TPSA) is 320 Å². The van der Waals surface area contributed by atoms with Crippen LogP contribution in [0.5, 0.6) is 0 Å². The molecule has 2 aliphatic heterocycles. The maximum Gasteiger partial charge on any atom is 0.410 e. The Labute approximate surface area is 406 Å². The molecular weight excluding hydrogens is 907 g/mol. The van der Waals surface area contributed by atoms with Gasteiger partial charge in [0, 0.05) is 44.2 Å². The molecule has 1 saturated carbocycles. The van der Waals surface area contributed by atoms with Crippen LogP contribution in [0.1, 0.15) is 116 Å². The second-order valence-corrected chi connectivity index (χ2v) is 22.3. The molecule has 23 heteroatoms. The predicted molar refractivity (Wildman–Crippen MR) is 250 cm³/mol. The summed E-state index contributed by atoms with van der Waals surface area (Å²) in [6.07, 6.45) is -10.9. The van der Waals surface area contributed by atoms with Crippen LogP contribution in [0.15, 0.2) is 11.8 Å². The van der Waals surface area contributed by atoms with E-state index < -0.39 is 138 Å². The summed E-state index contributed by atoms with van der Waals surface area (Å²) < 4.78 is 40.8. The van der Waals surface area contributed by atoms with Gasteiger partial charge in [0.2, 0.25) is 5.91 Å². The minimum absolute atomic E-state index is 0.0271. The van der Waals surface area contributed by atoms with Crippen molar-refractivity contribution in [1.82, 2.24) is 31.5 Å². The van der Waals surface area contributed by atoms with Crippen molar-refractivity contribution >= 4 is 30.3 Å². The molecule has 3 rings (SSSR count). The van der Waals surface area contributed by atoms with Crippen LogP contribution in [0.2, 0.25) is 0 Å². The van der Waals surface area contributed by atoms with Crippen molar-refractivity contribution < 1.29 is 77.6 Å². The van der Waals surface area contributed by atoms with Crippen LogP contribution in [0.25, 0.3) is 0 Å². The third kappa shape index (κ3) is 18.8. The van der Waals surface area contributed by atoms with E-state index in [0.29, 0.717) is 12.2 Å². The molecule has 5 amide bonds. The van der Waals surface area contributed by atoms with E-state index in [1.807, 2.05) is 0 Å². The van der Waals surface area contributed by atoms with E-state index in [9.17, 15) is 44.4 Å². The lowest BCUT2D eigenvalue weighted by molar-refractivity contribution is -0.305. The Morgan fingerprint density at radius 1 is 0.841 bits per heavy atom. The number of alkyl carbamates (subject to hydrolysis) is 3. The van der Waals surface area contributed by atoms with Crippen molar-refractivity contribution in [2.75, 3.05) is 33.3 Å². The van der Waals surface area contributed by atoms with Gasteiger partial charge in [-0.3, -0.25) is 4.79 Å². The third-order valence-electron chi connectivity index (χ3n) is 11.0. The summed E-state index contributed by atoms with van der Waals surface area (Å²) in [5, 5.41) is 61.6. The van der Waals surface area contributed by atoms with Gasteiger partial charge in [0.05, 0.1) is 31.3 Å². The van der Waals surface area contributed by atoms with E-state index in [1.54, 1.807) is 96.1 Å². The highest BCUT2D eigenvalue weighted by Crippen LogP contribution is 2.39. The van der Waals surface area contributed by atoms with Gasteiger partial charge in [0.15, 0.2) is 6.29 Å². The van der Waals surface area contributed by atoms with Crippen LogP contribution in [0, 0.1) is 5.92 Å². The molecule has 69 heavy (non-hydrogen) atoms. The Hall–Kier alpha value is -4.23. The Balaban J connectivity index is 2.10. The summed E-state index contributed by atoms with van der Waals surface area (Å²) in [5.41, 5.74) is 0.818. The predicted octanol–water partition coefficient (Wildman–Crippen LogP) is 1.61. The van der Waals surface area contributed by atoms with Crippen LogP contribution >= 0.6 is 0 Å². The molecule has 1 aliphatic carbocycles. The quantitative estimate of drug-likeness (QED) is 0.104. The standard InChI is InChI=1S/C46H83N7O16/c1-24(50-39(59)67-43(5,6)7)22-49-26-17-16-25(21-47)64-33(26)30-27(52-40(60)68-44(8,9)10)20-28(51-36(57)29(54)18-19-48-38(58)66-42(2,3)4)34(31(30)55)65-37-32(56)35(46(14,62)23-63-37)53(15)41(61)69-45(11,12)13/h16,24,26-35,37,49,54-56,62H,17-23,47H2,1-15H3,(H,48,58)(H,50,59)(H,51,57)(H,52,60)/t24-,26+,27-,28+,29-,30+,31-,32+,33?,34-,35+,37+,46-/m0/s1. The van der Waals surface area contributed by atoms with Gasteiger partial charge in [0.25, 0.3) is 0 Å². The number of carbonyl (C=O) groups is 5. The molecule has 2 heterocycles. The summed E-state index contributed by atoms with van der Waals surface area (Å²) in [5.74, 6) is -1.69. The zero-order valence-electron chi connectivity index (χ0n) is 43.2. The molecule has 0 bridgehead atoms. The number of aliphatic hydroxyl groups excluding tert-OH is 3. The first-order valence-electron chi connectivity index (χ1n) is 23.6. The van der Waals surface area contributed by atoms with E-state index in [4.69, 9.17) is 38.9 Å². The van der Waals surface area contributed by atoms with Gasteiger partial charge in [-0.2, -0.15) is 0 Å². The first-order chi connectivity index (χ1) is 31.5. The zero-order chi connectivity index (χ0) is 52.6. The van der Waals surface area contributed by atoms with Crippen LogP contribution in [0.4, 0.5) is 19.2 Å². The summed E-state index contributed by atoms with van der Waals surface area (Å²) in [6.45, 7) is 22.9. The number of nitrogens with two attached hydrogens (primary N) is 1. The minimum Gasteiger partial charge on any atom is -0.492 e. The molecule has 2 fully saturated rings. The SMILES string of the molecule is C[C@@H](CN[C@@H]1CC=C(CN)OC1[C@H]1[C@H](O)[C@@H](O[C@H]2OC[C@](C)(O)[C@H](N(C)C(=O)OC(C)(C)C)[C@H]2O)[C@H](NC(=O)[C@@H](O)CCNC(=O)OC(C)(C)C)C[C@@H]1NC(=O)OC(C)(C)C)NC(=O)OC(C)(C)C. The smallest absolute Gasteiger partial charge is 0.410 e. The van der Waals surface area contributed by atoms with E-state index in [1.165, 1.54) is 14.0 Å². The van der Waals surface area contributed by atoms with E-state index in [2.05, 4.69) is 26.6 Å². The lowest BCUT2D eigenvalue weighted by Gasteiger charge is -2.52. The van der Waals surface area contributed by atoms with Crippen molar-refractivity contribution in [2.45, 2.75) is 211 Å². The van der Waals surface area contributed by atoms with Gasteiger partial charge in [-0.15, -0.1) is 0 Å². The molecule has 13 atom stereocenters. The highest BCUT2D eigenvalue weighted by molar-refractivity contribution is 5.81. The maximum absolute atomic E-state index is 13.9. The molecule has 23 nitrogen and oxygen atoms in total. The fraction of sp³-hybridized carbons (Fsp3) is 0.848. The average molecular weight is 990 g/mol. The van der Waals surface area contributed by atoms with Crippen molar-refractivity contribution in [3.63, 3.8) is 0 Å². The summed E-state index contributed by atoms with van der Waals surface area (Å²) in [6, 6.07) is -4.81. The number of nitrogens with one attached hydrogen (secondary N) is 5. The van der Waals surface area contributed by atoms with E-state index in [0.717, 1.165) is 4.90 Å². The second kappa shape index (κ2) is 23.8. The van der Waals surface area contributed by atoms with Gasteiger partial charge in [-0.05, 0) is 122 Å². The number of rotatable bonds is 15. The molecule has 0 spiro atoms. The van der Waals surface area contributed by atoms with E-state index >= 15 is 0 Å². The van der Waals surface area contributed by atoms with Gasteiger partial charge in [-0.25, -0.2) is 19.2 Å². The number of aliphatic hydroxyl groups is 4. The van der Waals surface area contributed by atoms with E-state index in [-0.39, 0.29) is 32.5 Å². The highest BCUT2D eigenvalue weighted by atomic mass is 16.7. The molecule has 0 aromatic heterocycles. The first kappa shape index (κ1) is 59.1. The number of likely N-dealkylation sites (N-methyl/N-ethyl adjacent to an activating group) is 1. The first-order valence-corrected chi connectivity index (χ1v) is 23.6. The molecule has 398 valence electrons. The number of hydrogen-bond donors (Lipinski definition) is 10. The number of carbonyl (C=O) groups excluding carboxylic acids is 5. The third-order valence-corrected chi connectivity index (χ3v) is 11.0. The van der Waals surface area contributed by atoms with Gasteiger partial charge < -0.3 is 90.8 Å². The van der Waals surface area contributed by atoms with Crippen molar-refractivity contribution in [1.29, 1.82) is 0 Å². The molecule has 1 saturated heterocycles. The molecule has 11 N–H and O–H groups in total. The summed E-state index contributed by atoms with van der Waals surface area (Å²) in [7, 11) is 1.33. The average Bonchev–Trinajstić information content (AvgIpc) is 3.16. The van der Waals surface area contributed by atoms with Crippen molar-refractivity contribution in [2.24, 2.45) is 11.7 Å². The number of hydrogen-bond acceptors (Lipinski definition) is 18. The zero-order valence-corrected chi connectivity index (χ0v) is 43.2. The second-order valence-electron chi connectivity index (χ2n) is 22.3. The monoisotopic (exact) mass is 990 g/mol. The lowest BCUT2D eigenvalue weighted by Crippen LogP contribution is -2.71. The Kier molecular flexibility index (Phi) is 20.4.